The number of nitrogens with zero attached hydrogens (tertiary/aromatic N) is 2. The topological polar surface area (TPSA) is 43.8 Å². The minimum Gasteiger partial charge on any atom is -0.328 e. The van der Waals surface area contributed by atoms with Crippen molar-refractivity contribution in [3.63, 3.8) is 0 Å². The van der Waals surface area contributed by atoms with Gasteiger partial charge in [0.15, 0.2) is 0 Å². The molecule has 90 valence electrons. The van der Waals surface area contributed by atoms with E-state index >= 15 is 0 Å². The van der Waals surface area contributed by atoms with E-state index in [1.165, 1.54) is 12.1 Å². The summed E-state index contributed by atoms with van der Waals surface area (Å²) in [5.74, 6) is -0.230. The first-order chi connectivity index (χ1) is 8.08. The first kappa shape index (κ1) is 11.8. The second-order valence-electron chi connectivity index (χ2n) is 4.32. The van der Waals surface area contributed by atoms with Gasteiger partial charge in [-0.15, -0.1) is 0 Å². The molecule has 0 radical (unpaired) electrons. The van der Waals surface area contributed by atoms with Crippen molar-refractivity contribution in [2.24, 2.45) is 12.8 Å². The highest BCUT2D eigenvalue weighted by Crippen LogP contribution is 2.24. The molecule has 2 aromatic rings. The molecule has 0 fully saturated rings. The Kier molecular flexibility index (Phi) is 3.24. The molecule has 3 nitrogen and oxygen atoms in total. The lowest BCUT2D eigenvalue weighted by atomic mass is 10.0. The fraction of sp³-hybridized carbons (Fsp3) is 0.308. The zero-order chi connectivity index (χ0) is 12.4. The van der Waals surface area contributed by atoms with Crippen molar-refractivity contribution in [1.29, 1.82) is 0 Å². The summed E-state index contributed by atoms with van der Waals surface area (Å²) < 4.78 is 14.7. The number of rotatable bonds is 3. The van der Waals surface area contributed by atoms with Crippen LogP contribution < -0.4 is 5.73 Å². The van der Waals surface area contributed by atoms with Gasteiger partial charge in [-0.3, -0.25) is 4.68 Å². The van der Waals surface area contributed by atoms with Crippen molar-refractivity contribution in [2.75, 3.05) is 0 Å². The standard InChI is InChI=1S/C13H16FN3/c1-9(15)7-13-12(8-16-17(13)2)10-3-5-11(14)6-4-10/h3-6,8-9H,7,15H2,1-2H3. The molecule has 2 N–H and O–H groups in total. The van der Waals surface area contributed by atoms with E-state index in [-0.39, 0.29) is 11.9 Å². The lowest BCUT2D eigenvalue weighted by Gasteiger charge is -2.09. The molecule has 0 aliphatic carbocycles. The van der Waals surface area contributed by atoms with Crippen LogP contribution in [0.1, 0.15) is 12.6 Å². The van der Waals surface area contributed by atoms with Gasteiger partial charge in [0, 0.05) is 30.8 Å². The third kappa shape index (κ3) is 2.53. The van der Waals surface area contributed by atoms with Crippen molar-refractivity contribution in [3.05, 3.63) is 42.0 Å². The average molecular weight is 233 g/mol. The van der Waals surface area contributed by atoms with Crippen LogP contribution in [0.5, 0.6) is 0 Å². The maximum absolute atomic E-state index is 12.9. The quantitative estimate of drug-likeness (QED) is 0.882. The van der Waals surface area contributed by atoms with Gasteiger partial charge >= 0.3 is 0 Å². The third-order valence-corrected chi connectivity index (χ3v) is 2.73. The van der Waals surface area contributed by atoms with Crippen LogP contribution in [0.4, 0.5) is 4.39 Å². The van der Waals surface area contributed by atoms with E-state index in [9.17, 15) is 4.39 Å². The second kappa shape index (κ2) is 4.67. The Morgan fingerprint density at radius 2 is 2.00 bits per heavy atom. The maximum atomic E-state index is 12.9. The fourth-order valence-electron chi connectivity index (χ4n) is 1.88. The Bertz CT molecular complexity index is 500. The van der Waals surface area contributed by atoms with Gasteiger partial charge in [-0.05, 0) is 24.6 Å². The minimum absolute atomic E-state index is 0.0737. The molecule has 1 aromatic carbocycles. The van der Waals surface area contributed by atoms with Crippen LogP contribution in [0.25, 0.3) is 11.1 Å². The molecule has 0 amide bonds. The molecule has 0 aliphatic heterocycles. The van der Waals surface area contributed by atoms with Crippen molar-refractivity contribution < 1.29 is 4.39 Å². The van der Waals surface area contributed by atoms with Gasteiger partial charge in [0.05, 0.1) is 6.20 Å². The van der Waals surface area contributed by atoms with Gasteiger partial charge < -0.3 is 5.73 Å². The molecule has 1 unspecified atom stereocenters. The number of benzene rings is 1. The highest BCUT2D eigenvalue weighted by atomic mass is 19.1. The van der Waals surface area contributed by atoms with Crippen molar-refractivity contribution >= 4 is 0 Å². The Labute approximate surface area is 100 Å². The maximum Gasteiger partial charge on any atom is 0.123 e. The second-order valence-corrected chi connectivity index (χ2v) is 4.32. The zero-order valence-electron chi connectivity index (χ0n) is 10.0. The summed E-state index contributed by atoms with van der Waals surface area (Å²) in [5, 5.41) is 4.24. The fourth-order valence-corrected chi connectivity index (χ4v) is 1.88. The number of hydrogen-bond donors (Lipinski definition) is 1. The van der Waals surface area contributed by atoms with E-state index in [1.807, 2.05) is 18.7 Å². The SMILES string of the molecule is CC(N)Cc1c(-c2ccc(F)cc2)cnn1C. The Hall–Kier alpha value is -1.68. The van der Waals surface area contributed by atoms with E-state index in [2.05, 4.69) is 5.10 Å². The number of nitrogens with two attached hydrogens (primary N) is 1. The van der Waals surface area contributed by atoms with Gasteiger partial charge in [-0.1, -0.05) is 12.1 Å². The lowest BCUT2D eigenvalue weighted by Crippen LogP contribution is -2.20. The van der Waals surface area contributed by atoms with Crippen LogP contribution in [0.3, 0.4) is 0 Å². The van der Waals surface area contributed by atoms with Crippen LogP contribution in [-0.2, 0) is 13.5 Å². The van der Waals surface area contributed by atoms with E-state index < -0.39 is 0 Å². The summed E-state index contributed by atoms with van der Waals surface area (Å²) in [5.41, 5.74) is 8.88. The van der Waals surface area contributed by atoms with Crippen LogP contribution in [-0.4, -0.2) is 15.8 Å². The summed E-state index contributed by atoms with van der Waals surface area (Å²) in [4.78, 5) is 0. The van der Waals surface area contributed by atoms with Gasteiger partial charge in [-0.25, -0.2) is 4.39 Å². The molecule has 0 bridgehead atoms. The van der Waals surface area contributed by atoms with E-state index in [0.29, 0.717) is 0 Å². The summed E-state index contributed by atoms with van der Waals surface area (Å²) in [7, 11) is 1.89. The lowest BCUT2D eigenvalue weighted by molar-refractivity contribution is 0.628. The van der Waals surface area contributed by atoms with Crippen LogP contribution in [0.2, 0.25) is 0 Å². The molecule has 1 aromatic heterocycles. The van der Waals surface area contributed by atoms with Crippen LogP contribution in [0, 0.1) is 5.82 Å². The Morgan fingerprint density at radius 3 is 2.59 bits per heavy atom. The number of hydrogen-bond acceptors (Lipinski definition) is 2. The largest absolute Gasteiger partial charge is 0.328 e. The van der Waals surface area contributed by atoms with E-state index in [4.69, 9.17) is 5.73 Å². The molecule has 2 rings (SSSR count). The van der Waals surface area contributed by atoms with Gasteiger partial charge in [0.2, 0.25) is 0 Å². The van der Waals surface area contributed by atoms with E-state index in [0.717, 1.165) is 23.2 Å². The van der Waals surface area contributed by atoms with Crippen molar-refractivity contribution in [2.45, 2.75) is 19.4 Å². The Balaban J connectivity index is 2.41. The summed E-state index contributed by atoms with van der Waals surface area (Å²) in [6, 6.07) is 6.51. The predicted octanol–water partition coefficient (Wildman–Crippen LogP) is 2.12. The summed E-state index contributed by atoms with van der Waals surface area (Å²) in [6.07, 6.45) is 2.55. The molecule has 0 aliphatic rings. The summed E-state index contributed by atoms with van der Waals surface area (Å²) >= 11 is 0. The van der Waals surface area contributed by atoms with Crippen molar-refractivity contribution in [1.82, 2.24) is 9.78 Å². The molecule has 0 saturated carbocycles. The first-order valence-corrected chi connectivity index (χ1v) is 5.60. The predicted molar refractivity (Wildman–Crippen MR) is 66.0 cm³/mol. The third-order valence-electron chi connectivity index (χ3n) is 2.73. The van der Waals surface area contributed by atoms with Gasteiger partial charge in [0.1, 0.15) is 5.82 Å². The molecule has 0 saturated heterocycles. The number of aromatic nitrogens is 2. The minimum atomic E-state index is -0.230. The van der Waals surface area contributed by atoms with E-state index in [1.54, 1.807) is 18.3 Å². The average Bonchev–Trinajstić information content (AvgIpc) is 2.61. The molecular formula is C13H16FN3. The van der Waals surface area contributed by atoms with Crippen molar-refractivity contribution in [3.8, 4) is 11.1 Å². The number of aryl methyl sites for hydroxylation is 1. The monoisotopic (exact) mass is 233 g/mol. The van der Waals surface area contributed by atoms with Gasteiger partial charge in [-0.2, -0.15) is 5.10 Å². The Morgan fingerprint density at radius 1 is 1.35 bits per heavy atom. The molecule has 0 spiro atoms. The zero-order valence-corrected chi connectivity index (χ0v) is 10.0. The van der Waals surface area contributed by atoms with Crippen LogP contribution in [0.15, 0.2) is 30.5 Å². The molecule has 17 heavy (non-hydrogen) atoms. The normalized spacial score (nSPS) is 12.7. The van der Waals surface area contributed by atoms with Crippen LogP contribution >= 0.6 is 0 Å². The molecule has 4 heteroatoms. The van der Waals surface area contributed by atoms with Gasteiger partial charge in [0.25, 0.3) is 0 Å². The first-order valence-electron chi connectivity index (χ1n) is 5.60. The number of halogens is 1. The molecule has 1 heterocycles. The summed E-state index contributed by atoms with van der Waals surface area (Å²) in [6.45, 7) is 1.96. The molecule has 1 atom stereocenters. The molecular weight excluding hydrogens is 217 g/mol. The smallest absolute Gasteiger partial charge is 0.123 e. The highest BCUT2D eigenvalue weighted by Gasteiger charge is 2.12. The highest BCUT2D eigenvalue weighted by molar-refractivity contribution is 5.65.